The largest absolute Gasteiger partial charge is 0.385 e. The maximum absolute atomic E-state index is 3.53. The second-order valence-corrected chi connectivity index (χ2v) is 9.63. The number of hydrogen-bond donors (Lipinski definition) is 1. The molecule has 0 amide bonds. The second kappa shape index (κ2) is 11.7. The third-order valence-electron chi connectivity index (χ3n) is 5.75. The van der Waals surface area contributed by atoms with Gasteiger partial charge in [-0.1, -0.05) is 24.3 Å². The molecule has 0 atom stereocenters. The molecule has 4 rings (SSSR count). The maximum Gasteiger partial charge on any atom is 0.317 e. The number of rotatable bonds is 11. The molecule has 0 aliphatic carbocycles. The summed E-state index contributed by atoms with van der Waals surface area (Å²) in [4.78, 5) is 0. The lowest BCUT2D eigenvalue weighted by atomic mass is 10.1. The molecule has 0 fully saturated rings. The number of aryl methyl sites for hydroxylation is 5. The van der Waals surface area contributed by atoms with E-state index in [1.807, 2.05) is 23.4 Å². The van der Waals surface area contributed by atoms with Crippen molar-refractivity contribution in [2.45, 2.75) is 24.7 Å². The first-order valence-electron chi connectivity index (χ1n) is 11.7. The highest BCUT2D eigenvalue weighted by molar-refractivity contribution is 7.99. The van der Waals surface area contributed by atoms with Gasteiger partial charge in [0.2, 0.25) is 6.33 Å². The van der Waals surface area contributed by atoms with E-state index in [0.717, 1.165) is 37.5 Å². The van der Waals surface area contributed by atoms with Crippen LogP contribution in [-0.4, -0.2) is 21.4 Å². The molecule has 4 aromatic rings. The summed E-state index contributed by atoms with van der Waals surface area (Å²) in [5.41, 5.74) is 3.57. The summed E-state index contributed by atoms with van der Waals surface area (Å²) in [6.07, 6.45) is 20.2. The first-order valence-corrected chi connectivity index (χ1v) is 12.7. The van der Waals surface area contributed by atoms with Crippen molar-refractivity contribution < 1.29 is 13.7 Å². The maximum atomic E-state index is 3.53. The number of benzene rings is 1. The summed E-state index contributed by atoms with van der Waals surface area (Å²) in [5.74, 6) is 1.05. The van der Waals surface area contributed by atoms with E-state index in [-0.39, 0.29) is 0 Å². The number of nitrogens with one attached hydrogen (secondary N) is 1. The number of hydrogen-bond acceptors (Lipinski definition) is 2. The second-order valence-electron chi connectivity index (χ2n) is 8.57. The SMILES string of the molecule is Cn1cc[n+](C)c1SCC[n+]1ccn(CCCNc2ccc(/C=C/c3cc[n+](C)cc3)cc2)c1. The topological polar surface area (TPSA) is 33.5 Å². The van der Waals surface area contributed by atoms with Crippen LogP contribution >= 0.6 is 11.8 Å². The summed E-state index contributed by atoms with van der Waals surface area (Å²) in [6, 6.07) is 12.8. The van der Waals surface area contributed by atoms with Gasteiger partial charge in [-0.25, -0.2) is 22.8 Å². The van der Waals surface area contributed by atoms with Gasteiger partial charge in [0, 0.05) is 36.5 Å². The highest BCUT2D eigenvalue weighted by atomic mass is 32.2. The molecule has 3 heterocycles. The Morgan fingerprint density at radius 1 is 0.912 bits per heavy atom. The molecule has 0 saturated heterocycles. The Kier molecular flexibility index (Phi) is 8.20. The van der Waals surface area contributed by atoms with Crippen LogP contribution in [0.15, 0.2) is 85.1 Å². The van der Waals surface area contributed by atoms with Crippen LogP contribution in [0.2, 0.25) is 0 Å². The van der Waals surface area contributed by atoms with Crippen LogP contribution in [0, 0.1) is 0 Å². The van der Waals surface area contributed by atoms with Gasteiger partial charge in [-0.15, -0.1) is 0 Å². The first-order chi connectivity index (χ1) is 16.6. The molecule has 6 nitrogen and oxygen atoms in total. The Morgan fingerprint density at radius 3 is 2.35 bits per heavy atom. The number of nitrogens with zero attached hydrogens (tertiary/aromatic N) is 5. The molecule has 7 heteroatoms. The summed E-state index contributed by atoms with van der Waals surface area (Å²) < 4.78 is 10.9. The fourth-order valence-electron chi connectivity index (χ4n) is 3.75. The molecule has 3 aromatic heterocycles. The number of imidazole rings is 2. The minimum absolute atomic E-state index is 0.953. The van der Waals surface area contributed by atoms with Crippen molar-refractivity contribution in [1.82, 2.24) is 9.13 Å². The van der Waals surface area contributed by atoms with E-state index < -0.39 is 0 Å². The molecule has 1 aromatic carbocycles. The van der Waals surface area contributed by atoms with E-state index in [0.29, 0.717) is 0 Å². The van der Waals surface area contributed by atoms with Crippen LogP contribution in [0.1, 0.15) is 17.5 Å². The van der Waals surface area contributed by atoms with E-state index >= 15 is 0 Å². The van der Waals surface area contributed by atoms with Gasteiger partial charge in [0.15, 0.2) is 12.4 Å². The normalized spacial score (nSPS) is 11.4. The average Bonchev–Trinajstić information content (AvgIpc) is 3.43. The molecule has 0 radical (unpaired) electrons. The molecule has 0 aliphatic rings. The Labute approximate surface area is 206 Å². The third kappa shape index (κ3) is 6.84. The number of aromatic nitrogens is 5. The summed E-state index contributed by atoms with van der Waals surface area (Å²) in [5, 5.41) is 4.81. The van der Waals surface area contributed by atoms with Crippen LogP contribution in [0.4, 0.5) is 5.69 Å². The van der Waals surface area contributed by atoms with Crippen molar-refractivity contribution in [3.05, 3.63) is 91.0 Å². The molecule has 0 spiro atoms. The number of pyridine rings is 1. The van der Waals surface area contributed by atoms with E-state index in [1.54, 1.807) is 0 Å². The zero-order valence-corrected chi connectivity index (χ0v) is 21.2. The lowest BCUT2D eigenvalue weighted by Crippen LogP contribution is -2.33. The van der Waals surface area contributed by atoms with Gasteiger partial charge >= 0.3 is 5.16 Å². The van der Waals surface area contributed by atoms with Gasteiger partial charge in [0.25, 0.3) is 0 Å². The van der Waals surface area contributed by atoms with Gasteiger partial charge in [-0.2, -0.15) is 0 Å². The van der Waals surface area contributed by atoms with Crippen molar-refractivity contribution in [2.75, 3.05) is 17.6 Å². The fraction of sp³-hybridized carbons (Fsp3) is 0.296. The highest BCUT2D eigenvalue weighted by Gasteiger charge is 2.12. The monoisotopic (exact) mass is 475 g/mol. The van der Waals surface area contributed by atoms with Crippen molar-refractivity contribution in [3.8, 4) is 0 Å². The van der Waals surface area contributed by atoms with Crippen LogP contribution < -0.4 is 19.0 Å². The smallest absolute Gasteiger partial charge is 0.317 e. The van der Waals surface area contributed by atoms with E-state index in [1.165, 1.54) is 16.3 Å². The molecule has 0 saturated carbocycles. The lowest BCUT2D eigenvalue weighted by Gasteiger charge is -2.05. The van der Waals surface area contributed by atoms with E-state index in [4.69, 9.17) is 0 Å². The fourth-order valence-corrected chi connectivity index (χ4v) is 4.76. The zero-order valence-electron chi connectivity index (χ0n) is 20.3. The minimum atomic E-state index is 0.953. The molecule has 0 aliphatic heterocycles. The quantitative estimate of drug-likeness (QED) is 0.205. The average molecular weight is 476 g/mol. The standard InChI is InChI=1S/C27H34N6S/c1-29-15-11-25(12-16-29)6-5-24-7-9-26(10-8-24)28-13-4-14-32-19-20-33(23-32)21-22-34-27-30(2)17-18-31(27)3/h5-12,15-20,23H,4,13-14,21-22H2,1-3H3/q+2/p+1. The van der Waals surface area contributed by atoms with Gasteiger partial charge in [0.05, 0.1) is 27.2 Å². The Bertz CT molecular complexity index is 1190. The lowest BCUT2D eigenvalue weighted by molar-refractivity contribution is -0.709. The summed E-state index contributed by atoms with van der Waals surface area (Å²) in [6.45, 7) is 2.97. The summed E-state index contributed by atoms with van der Waals surface area (Å²) >= 11 is 1.89. The zero-order chi connectivity index (χ0) is 23.8. The molecular formula is C27H35N6S+3. The molecular weight excluding hydrogens is 440 g/mol. The third-order valence-corrected chi connectivity index (χ3v) is 6.97. The van der Waals surface area contributed by atoms with Crippen molar-refractivity contribution in [1.29, 1.82) is 0 Å². The van der Waals surface area contributed by atoms with Gasteiger partial charge in [0.1, 0.15) is 31.8 Å². The minimum Gasteiger partial charge on any atom is -0.385 e. The van der Waals surface area contributed by atoms with Crippen LogP contribution in [0.3, 0.4) is 0 Å². The molecule has 1 N–H and O–H groups in total. The van der Waals surface area contributed by atoms with Crippen LogP contribution in [-0.2, 0) is 34.2 Å². The van der Waals surface area contributed by atoms with Crippen molar-refractivity contribution in [2.24, 2.45) is 21.1 Å². The van der Waals surface area contributed by atoms with Gasteiger partial charge < -0.3 is 5.32 Å². The van der Waals surface area contributed by atoms with Crippen LogP contribution in [0.25, 0.3) is 12.2 Å². The molecule has 0 bridgehead atoms. The van der Waals surface area contributed by atoms with Gasteiger partial charge in [-0.3, -0.25) is 0 Å². The highest BCUT2D eigenvalue weighted by Crippen LogP contribution is 2.13. The Morgan fingerprint density at radius 2 is 1.65 bits per heavy atom. The Hall–Kier alpha value is -3.32. The Balaban J connectivity index is 1.15. The first kappa shape index (κ1) is 23.8. The predicted molar refractivity (Wildman–Crippen MR) is 138 cm³/mol. The number of thioether (sulfide) groups is 1. The molecule has 0 unspecified atom stereocenters. The molecule has 34 heavy (non-hydrogen) atoms. The van der Waals surface area contributed by atoms with E-state index in [2.05, 4.69) is 130 Å². The van der Waals surface area contributed by atoms with Gasteiger partial charge in [-0.05, 0) is 35.0 Å². The van der Waals surface area contributed by atoms with Crippen LogP contribution in [0.5, 0.6) is 0 Å². The number of anilines is 1. The van der Waals surface area contributed by atoms with Crippen molar-refractivity contribution in [3.63, 3.8) is 0 Å². The summed E-state index contributed by atoms with van der Waals surface area (Å²) in [7, 11) is 6.22. The van der Waals surface area contributed by atoms with E-state index in [9.17, 15) is 0 Å². The van der Waals surface area contributed by atoms with Crippen molar-refractivity contribution >= 4 is 29.6 Å². The predicted octanol–water partition coefficient (Wildman–Crippen LogP) is 3.23. The molecule has 176 valence electrons.